The number of para-hydroxylation sites is 1. The van der Waals surface area contributed by atoms with Crippen LogP contribution in [0.15, 0.2) is 41.2 Å². The first-order valence-corrected chi connectivity index (χ1v) is 8.07. The van der Waals surface area contributed by atoms with Crippen molar-refractivity contribution in [3.63, 3.8) is 0 Å². The van der Waals surface area contributed by atoms with Gasteiger partial charge in [0.1, 0.15) is 0 Å². The summed E-state index contributed by atoms with van der Waals surface area (Å²) < 4.78 is 10.5. The number of hydrogen-bond donors (Lipinski definition) is 1. The molecule has 5 nitrogen and oxygen atoms in total. The molecule has 128 valence electrons. The summed E-state index contributed by atoms with van der Waals surface area (Å²) in [7, 11) is 3.03. The third kappa shape index (κ3) is 3.48. The van der Waals surface area contributed by atoms with E-state index in [0.29, 0.717) is 33.0 Å². The molecule has 0 fully saturated rings. The Bertz CT molecular complexity index is 1030. The lowest BCUT2D eigenvalue weighted by Crippen LogP contribution is -2.10. The standard InChI is InChI=1S/C18H14Cl2N2O3/c1-24-15-9-10(7-12(19)16(15)25-2)8-13(20)17-21-14-6-4-3-5-11(14)18(23)22-17/h3-9H,1-2H3,(H,21,22,23)/b13-8-. The second-order valence-corrected chi connectivity index (χ2v) is 5.98. The van der Waals surface area contributed by atoms with Crippen LogP contribution in [0.2, 0.25) is 5.02 Å². The van der Waals surface area contributed by atoms with Gasteiger partial charge in [-0.1, -0.05) is 35.3 Å². The Morgan fingerprint density at radius 3 is 2.68 bits per heavy atom. The largest absolute Gasteiger partial charge is 0.493 e. The van der Waals surface area contributed by atoms with Crippen LogP contribution < -0.4 is 15.0 Å². The lowest BCUT2D eigenvalue weighted by Gasteiger charge is -2.10. The molecule has 3 aromatic rings. The highest BCUT2D eigenvalue weighted by atomic mass is 35.5. The molecule has 0 atom stereocenters. The highest BCUT2D eigenvalue weighted by molar-refractivity contribution is 6.50. The molecule has 0 amide bonds. The van der Waals surface area contributed by atoms with E-state index in [1.165, 1.54) is 14.2 Å². The molecule has 0 unspecified atom stereocenters. The minimum absolute atomic E-state index is 0.252. The maximum Gasteiger partial charge on any atom is 0.259 e. The van der Waals surface area contributed by atoms with E-state index in [1.807, 2.05) is 6.07 Å². The number of nitrogens with one attached hydrogen (secondary N) is 1. The molecule has 0 saturated carbocycles. The van der Waals surface area contributed by atoms with Crippen molar-refractivity contribution in [1.82, 2.24) is 9.97 Å². The summed E-state index contributed by atoms with van der Waals surface area (Å²) in [4.78, 5) is 19.2. The molecular weight excluding hydrogens is 363 g/mol. The second kappa shape index (κ2) is 7.17. The van der Waals surface area contributed by atoms with Gasteiger partial charge in [0.25, 0.3) is 5.56 Å². The van der Waals surface area contributed by atoms with Crippen LogP contribution in [0.3, 0.4) is 0 Å². The van der Waals surface area contributed by atoms with Crippen molar-refractivity contribution in [2.45, 2.75) is 0 Å². The SMILES string of the molecule is COc1cc(/C=C(\Cl)c2nc3ccccc3c(=O)[nH]2)cc(Cl)c1OC. The topological polar surface area (TPSA) is 64.2 Å². The van der Waals surface area contributed by atoms with Gasteiger partial charge in [-0.15, -0.1) is 0 Å². The van der Waals surface area contributed by atoms with Gasteiger partial charge in [0.05, 0.1) is 35.2 Å². The van der Waals surface area contributed by atoms with E-state index in [2.05, 4.69) is 9.97 Å². The van der Waals surface area contributed by atoms with E-state index in [1.54, 1.807) is 36.4 Å². The van der Waals surface area contributed by atoms with Gasteiger partial charge >= 0.3 is 0 Å². The van der Waals surface area contributed by atoms with Crippen LogP contribution in [0.4, 0.5) is 0 Å². The van der Waals surface area contributed by atoms with Crippen molar-refractivity contribution in [1.29, 1.82) is 0 Å². The summed E-state index contributed by atoms with van der Waals surface area (Å²) in [5, 5.41) is 1.16. The maximum atomic E-state index is 12.2. The van der Waals surface area contributed by atoms with Gasteiger partial charge in [0.15, 0.2) is 17.3 Å². The van der Waals surface area contributed by atoms with Crippen molar-refractivity contribution >= 4 is 45.2 Å². The Morgan fingerprint density at radius 1 is 1.20 bits per heavy atom. The number of aromatic nitrogens is 2. The van der Waals surface area contributed by atoms with Crippen LogP contribution >= 0.6 is 23.2 Å². The van der Waals surface area contributed by atoms with E-state index in [4.69, 9.17) is 32.7 Å². The molecule has 2 aromatic carbocycles. The van der Waals surface area contributed by atoms with Crippen molar-refractivity contribution < 1.29 is 9.47 Å². The van der Waals surface area contributed by atoms with E-state index >= 15 is 0 Å². The van der Waals surface area contributed by atoms with Crippen molar-refractivity contribution in [2.24, 2.45) is 0 Å². The molecular formula is C18H14Cl2N2O3. The first-order chi connectivity index (χ1) is 12.0. The molecule has 0 radical (unpaired) electrons. The van der Waals surface area contributed by atoms with Crippen LogP contribution in [0, 0.1) is 0 Å². The molecule has 0 aliphatic carbocycles. The van der Waals surface area contributed by atoms with E-state index < -0.39 is 0 Å². The number of rotatable bonds is 4. The fourth-order valence-electron chi connectivity index (χ4n) is 2.44. The molecule has 0 saturated heterocycles. The van der Waals surface area contributed by atoms with Gasteiger partial charge in [-0.05, 0) is 35.9 Å². The van der Waals surface area contributed by atoms with Gasteiger partial charge in [-0.25, -0.2) is 4.98 Å². The van der Waals surface area contributed by atoms with E-state index in [9.17, 15) is 4.79 Å². The van der Waals surface area contributed by atoms with Gasteiger partial charge < -0.3 is 14.5 Å². The van der Waals surface area contributed by atoms with Crippen LogP contribution in [-0.2, 0) is 0 Å². The quantitative estimate of drug-likeness (QED) is 0.735. The summed E-state index contributed by atoms with van der Waals surface area (Å²) in [6.45, 7) is 0. The molecule has 3 rings (SSSR count). The van der Waals surface area contributed by atoms with Crippen LogP contribution in [0.25, 0.3) is 22.0 Å². The fourth-order valence-corrected chi connectivity index (χ4v) is 2.95. The van der Waals surface area contributed by atoms with Crippen LogP contribution in [-0.4, -0.2) is 24.2 Å². The maximum absolute atomic E-state index is 12.2. The number of benzene rings is 2. The number of nitrogens with zero attached hydrogens (tertiary/aromatic N) is 1. The minimum Gasteiger partial charge on any atom is -0.493 e. The Balaban J connectivity index is 2.08. The number of H-pyrrole nitrogens is 1. The predicted molar refractivity (Wildman–Crippen MR) is 101 cm³/mol. The summed E-state index contributed by atoms with van der Waals surface area (Å²) in [5.41, 5.74) is 0.999. The fraction of sp³-hybridized carbons (Fsp3) is 0.111. The van der Waals surface area contributed by atoms with Crippen molar-refractivity contribution in [3.05, 3.63) is 63.2 Å². The third-order valence-electron chi connectivity index (χ3n) is 3.59. The Morgan fingerprint density at radius 2 is 1.96 bits per heavy atom. The lowest BCUT2D eigenvalue weighted by atomic mass is 10.1. The second-order valence-electron chi connectivity index (χ2n) is 5.16. The highest BCUT2D eigenvalue weighted by Crippen LogP contribution is 2.37. The molecule has 0 aliphatic rings. The zero-order valence-corrected chi connectivity index (χ0v) is 15.0. The normalized spacial score (nSPS) is 11.6. The Hall–Kier alpha value is -2.50. The number of halogens is 2. The average molecular weight is 377 g/mol. The molecule has 25 heavy (non-hydrogen) atoms. The van der Waals surface area contributed by atoms with E-state index in [-0.39, 0.29) is 16.4 Å². The number of methoxy groups -OCH3 is 2. The predicted octanol–water partition coefficient (Wildman–Crippen LogP) is 4.33. The first kappa shape index (κ1) is 17.3. The molecule has 0 aliphatic heterocycles. The Labute approximate surface area is 153 Å². The van der Waals surface area contributed by atoms with Gasteiger partial charge in [0, 0.05) is 0 Å². The Kier molecular flexibility index (Phi) is 4.97. The number of aromatic amines is 1. The first-order valence-electron chi connectivity index (χ1n) is 7.31. The van der Waals surface area contributed by atoms with Crippen molar-refractivity contribution in [2.75, 3.05) is 14.2 Å². The summed E-state index contributed by atoms with van der Waals surface area (Å²) in [6.07, 6.45) is 1.64. The number of fused-ring (bicyclic) bond motifs is 1. The summed E-state index contributed by atoms with van der Waals surface area (Å²) >= 11 is 12.5. The molecule has 7 heteroatoms. The molecule has 1 N–H and O–H groups in total. The molecule has 1 aromatic heterocycles. The number of hydrogen-bond acceptors (Lipinski definition) is 4. The van der Waals surface area contributed by atoms with Gasteiger partial charge in [-0.3, -0.25) is 4.79 Å². The minimum atomic E-state index is -0.252. The monoisotopic (exact) mass is 376 g/mol. The van der Waals surface area contributed by atoms with Crippen molar-refractivity contribution in [3.8, 4) is 11.5 Å². The van der Waals surface area contributed by atoms with E-state index in [0.717, 1.165) is 0 Å². The summed E-state index contributed by atoms with van der Waals surface area (Å²) in [5.74, 6) is 1.19. The van der Waals surface area contributed by atoms with Gasteiger partial charge in [-0.2, -0.15) is 0 Å². The zero-order chi connectivity index (χ0) is 18.0. The molecule has 0 spiro atoms. The number of ether oxygens (including phenoxy) is 2. The lowest BCUT2D eigenvalue weighted by molar-refractivity contribution is 0.355. The third-order valence-corrected chi connectivity index (χ3v) is 4.16. The van der Waals surface area contributed by atoms with Crippen LogP contribution in [0.5, 0.6) is 11.5 Å². The average Bonchev–Trinajstić information content (AvgIpc) is 2.61. The summed E-state index contributed by atoms with van der Waals surface area (Å²) in [6, 6.07) is 10.5. The van der Waals surface area contributed by atoms with Crippen LogP contribution in [0.1, 0.15) is 11.4 Å². The zero-order valence-electron chi connectivity index (χ0n) is 13.5. The van der Waals surface area contributed by atoms with Gasteiger partial charge in [0.2, 0.25) is 0 Å². The molecule has 0 bridgehead atoms. The smallest absolute Gasteiger partial charge is 0.259 e. The molecule has 1 heterocycles. The highest BCUT2D eigenvalue weighted by Gasteiger charge is 2.11.